The fraction of sp³-hybridized carbons (Fsp3) is 0.250. The molecule has 0 spiro atoms. The van der Waals surface area contributed by atoms with Gasteiger partial charge in [-0.05, 0) is 18.6 Å². The quantitative estimate of drug-likeness (QED) is 0.617. The second-order valence-corrected chi connectivity index (χ2v) is 6.27. The zero-order chi connectivity index (χ0) is 15.3. The molecule has 0 aliphatic carbocycles. The zero-order valence-electron chi connectivity index (χ0n) is 10.2. The summed E-state index contributed by atoms with van der Waals surface area (Å²) in [6, 6.07) is 2.33. The number of carboxylic acids is 1. The first kappa shape index (κ1) is 16.8. The van der Waals surface area contributed by atoms with Crippen molar-refractivity contribution < 1.29 is 18.3 Å². The number of unbranched alkanes of at least 4 members (excludes halogenated alkanes) is 1. The molecule has 0 aliphatic heterocycles. The normalized spacial score (nSPS) is 11.1. The molecule has 8 heteroatoms. The Morgan fingerprint density at radius 2 is 2.05 bits per heavy atom. The van der Waals surface area contributed by atoms with Gasteiger partial charge < -0.3 is 5.11 Å². The van der Waals surface area contributed by atoms with Crippen molar-refractivity contribution in [3.05, 3.63) is 27.7 Å². The minimum absolute atomic E-state index is 0.131. The Labute approximate surface area is 126 Å². The van der Waals surface area contributed by atoms with Crippen molar-refractivity contribution in [3.8, 4) is 12.3 Å². The molecule has 0 aliphatic rings. The van der Waals surface area contributed by atoms with Crippen LogP contribution in [0.25, 0.3) is 0 Å². The van der Waals surface area contributed by atoms with Gasteiger partial charge in [-0.25, -0.2) is 17.9 Å². The standard InChI is InChI=1S/C12H11Cl2NO4S/c1-2-3-4-7-15-20(18,19)9-6-5-8(13)10(11(9)14)12(16)17/h1,5-6,15H,3-4,7H2,(H,16,17). The molecule has 0 fully saturated rings. The van der Waals surface area contributed by atoms with Gasteiger partial charge in [0.15, 0.2) is 0 Å². The molecule has 1 rings (SSSR count). The average molecular weight is 336 g/mol. The lowest BCUT2D eigenvalue weighted by atomic mass is 10.2. The van der Waals surface area contributed by atoms with Crippen molar-refractivity contribution in [1.82, 2.24) is 4.72 Å². The van der Waals surface area contributed by atoms with Gasteiger partial charge >= 0.3 is 5.97 Å². The molecule has 2 N–H and O–H groups in total. The van der Waals surface area contributed by atoms with E-state index >= 15 is 0 Å². The number of carboxylic acid groups (broad SMARTS) is 1. The molecule has 0 amide bonds. The van der Waals surface area contributed by atoms with E-state index in [1.165, 1.54) is 6.07 Å². The van der Waals surface area contributed by atoms with Crippen LogP contribution in [0.4, 0.5) is 0 Å². The number of nitrogens with one attached hydrogen (secondary N) is 1. The predicted molar refractivity (Wildman–Crippen MR) is 76.7 cm³/mol. The summed E-state index contributed by atoms with van der Waals surface area (Å²) in [5.41, 5.74) is -0.445. The number of hydrogen-bond acceptors (Lipinski definition) is 3. The van der Waals surface area contributed by atoms with Gasteiger partial charge in [-0.1, -0.05) is 23.2 Å². The van der Waals surface area contributed by atoms with E-state index in [0.29, 0.717) is 12.8 Å². The lowest BCUT2D eigenvalue weighted by molar-refractivity contribution is 0.0697. The number of halogens is 2. The molecular formula is C12H11Cl2NO4S. The Hall–Kier alpha value is -1.26. The number of rotatable bonds is 6. The van der Waals surface area contributed by atoms with E-state index in [0.717, 1.165) is 6.07 Å². The first-order valence-electron chi connectivity index (χ1n) is 5.45. The number of sulfonamides is 1. The first-order valence-corrected chi connectivity index (χ1v) is 7.69. The molecule has 0 bridgehead atoms. The van der Waals surface area contributed by atoms with E-state index in [9.17, 15) is 13.2 Å². The van der Waals surface area contributed by atoms with Gasteiger partial charge in [-0.2, -0.15) is 0 Å². The summed E-state index contributed by atoms with van der Waals surface area (Å²) >= 11 is 11.5. The van der Waals surface area contributed by atoms with E-state index in [2.05, 4.69) is 10.6 Å². The second kappa shape index (κ2) is 6.95. The third kappa shape index (κ3) is 3.87. The Kier molecular flexibility index (Phi) is 5.84. The molecule has 108 valence electrons. The molecule has 0 atom stereocenters. The molecule has 1 aromatic rings. The van der Waals surface area contributed by atoms with Crippen LogP contribution in [0.1, 0.15) is 23.2 Å². The van der Waals surface area contributed by atoms with Gasteiger partial charge in [-0.15, -0.1) is 12.3 Å². The highest BCUT2D eigenvalue weighted by atomic mass is 35.5. The second-order valence-electron chi connectivity index (χ2n) is 3.75. The van der Waals surface area contributed by atoms with E-state index in [1.54, 1.807) is 0 Å². The Bertz CT molecular complexity index is 665. The SMILES string of the molecule is C#CCCCNS(=O)(=O)c1ccc(Cl)c(C(=O)O)c1Cl. The predicted octanol–water partition coefficient (Wildman–Crippen LogP) is 2.38. The molecule has 0 radical (unpaired) electrons. The summed E-state index contributed by atoms with van der Waals surface area (Å²) in [5.74, 6) is 0.982. The summed E-state index contributed by atoms with van der Waals surface area (Å²) in [6.45, 7) is 0.133. The van der Waals surface area contributed by atoms with Crippen LogP contribution in [0.2, 0.25) is 10.0 Å². The van der Waals surface area contributed by atoms with E-state index in [-0.39, 0.29) is 16.5 Å². The van der Waals surface area contributed by atoms with Crippen molar-refractivity contribution in [2.24, 2.45) is 0 Å². The summed E-state index contributed by atoms with van der Waals surface area (Å²) in [5, 5.41) is 8.42. The number of terminal acetylenes is 1. The molecular weight excluding hydrogens is 325 g/mol. The number of hydrogen-bond donors (Lipinski definition) is 2. The average Bonchev–Trinajstić information content (AvgIpc) is 2.34. The van der Waals surface area contributed by atoms with Crippen molar-refractivity contribution in [2.45, 2.75) is 17.7 Å². The van der Waals surface area contributed by atoms with Gasteiger partial charge in [0.1, 0.15) is 4.90 Å². The van der Waals surface area contributed by atoms with Crippen LogP contribution in [0, 0.1) is 12.3 Å². The lowest BCUT2D eigenvalue weighted by Gasteiger charge is -2.10. The lowest BCUT2D eigenvalue weighted by Crippen LogP contribution is -2.25. The minimum atomic E-state index is -3.92. The fourth-order valence-corrected chi connectivity index (χ4v) is 3.40. The maximum atomic E-state index is 12.0. The van der Waals surface area contributed by atoms with Crippen LogP contribution in [-0.4, -0.2) is 26.0 Å². The fourth-order valence-electron chi connectivity index (χ4n) is 1.41. The van der Waals surface area contributed by atoms with E-state index < -0.39 is 26.6 Å². The molecule has 0 saturated heterocycles. The minimum Gasteiger partial charge on any atom is -0.478 e. The first-order chi connectivity index (χ1) is 9.31. The van der Waals surface area contributed by atoms with Crippen molar-refractivity contribution in [1.29, 1.82) is 0 Å². The van der Waals surface area contributed by atoms with Gasteiger partial charge in [-0.3, -0.25) is 0 Å². The van der Waals surface area contributed by atoms with Crippen LogP contribution in [-0.2, 0) is 10.0 Å². The molecule has 0 saturated carbocycles. The van der Waals surface area contributed by atoms with Crippen LogP contribution in [0.5, 0.6) is 0 Å². The van der Waals surface area contributed by atoms with Crippen LogP contribution < -0.4 is 4.72 Å². The maximum absolute atomic E-state index is 12.0. The molecule has 0 unspecified atom stereocenters. The highest BCUT2D eigenvalue weighted by Gasteiger charge is 2.24. The number of benzene rings is 1. The summed E-state index contributed by atoms with van der Waals surface area (Å²) in [4.78, 5) is 10.7. The Balaban J connectivity index is 3.11. The van der Waals surface area contributed by atoms with Crippen LogP contribution in [0.15, 0.2) is 17.0 Å². The van der Waals surface area contributed by atoms with Crippen molar-refractivity contribution >= 4 is 39.2 Å². The molecule has 5 nitrogen and oxygen atoms in total. The monoisotopic (exact) mass is 335 g/mol. The van der Waals surface area contributed by atoms with Gasteiger partial charge in [0.2, 0.25) is 10.0 Å². The van der Waals surface area contributed by atoms with E-state index in [4.69, 9.17) is 34.7 Å². The molecule has 0 heterocycles. The summed E-state index contributed by atoms with van der Waals surface area (Å²) < 4.78 is 26.3. The highest BCUT2D eigenvalue weighted by molar-refractivity contribution is 7.89. The highest BCUT2D eigenvalue weighted by Crippen LogP contribution is 2.30. The number of carbonyl (C=O) groups is 1. The van der Waals surface area contributed by atoms with Crippen LogP contribution >= 0.6 is 23.2 Å². The van der Waals surface area contributed by atoms with Gasteiger partial charge in [0.25, 0.3) is 0 Å². The summed E-state index contributed by atoms with van der Waals surface area (Å²) in [7, 11) is -3.92. The van der Waals surface area contributed by atoms with Crippen molar-refractivity contribution in [2.75, 3.05) is 6.54 Å². The zero-order valence-corrected chi connectivity index (χ0v) is 12.5. The molecule has 1 aromatic carbocycles. The van der Waals surface area contributed by atoms with Gasteiger partial charge in [0.05, 0.1) is 15.6 Å². The topological polar surface area (TPSA) is 83.5 Å². The Morgan fingerprint density at radius 3 is 2.60 bits per heavy atom. The smallest absolute Gasteiger partial charge is 0.338 e. The third-order valence-corrected chi connectivity index (χ3v) is 4.67. The van der Waals surface area contributed by atoms with Gasteiger partial charge in [0, 0.05) is 13.0 Å². The molecule has 0 aromatic heterocycles. The maximum Gasteiger partial charge on any atom is 0.338 e. The molecule has 20 heavy (non-hydrogen) atoms. The van der Waals surface area contributed by atoms with Crippen LogP contribution in [0.3, 0.4) is 0 Å². The largest absolute Gasteiger partial charge is 0.478 e. The summed E-state index contributed by atoms with van der Waals surface area (Å²) in [6.07, 6.45) is 5.95. The van der Waals surface area contributed by atoms with Crippen molar-refractivity contribution in [3.63, 3.8) is 0 Å². The third-order valence-electron chi connectivity index (χ3n) is 2.35. The number of aromatic carboxylic acids is 1. The van der Waals surface area contributed by atoms with E-state index in [1.807, 2.05) is 0 Å². The Morgan fingerprint density at radius 1 is 1.40 bits per heavy atom.